The van der Waals surface area contributed by atoms with Crippen molar-refractivity contribution in [1.29, 1.82) is 0 Å². The number of hydrogen-bond donors (Lipinski definition) is 1. The highest BCUT2D eigenvalue weighted by molar-refractivity contribution is 6.30. The van der Waals surface area contributed by atoms with Gasteiger partial charge < -0.3 is 9.84 Å². The Kier molecular flexibility index (Phi) is 3.79. The number of rotatable bonds is 4. The molecule has 1 aromatic carbocycles. The molecular formula is C13H10ClNO3. The zero-order valence-electron chi connectivity index (χ0n) is 9.34. The summed E-state index contributed by atoms with van der Waals surface area (Å²) >= 11 is 5.85. The van der Waals surface area contributed by atoms with Crippen LogP contribution in [-0.4, -0.2) is 16.1 Å². The van der Waals surface area contributed by atoms with Crippen LogP contribution >= 0.6 is 11.6 Å². The van der Waals surface area contributed by atoms with E-state index in [4.69, 9.17) is 21.4 Å². The van der Waals surface area contributed by atoms with Crippen LogP contribution < -0.4 is 4.74 Å². The molecule has 2 rings (SSSR count). The average Bonchev–Trinajstić information content (AvgIpc) is 2.37. The van der Waals surface area contributed by atoms with Crippen molar-refractivity contribution in [3.63, 3.8) is 0 Å². The van der Waals surface area contributed by atoms with Crippen molar-refractivity contribution in [3.05, 3.63) is 58.9 Å². The molecule has 1 heterocycles. The lowest BCUT2D eigenvalue weighted by Gasteiger charge is -2.08. The number of halogens is 1. The standard InChI is InChI=1S/C13H10ClNO3/c14-10-4-1-3-9(7-10)8-18-11-5-2-6-15-12(11)13(16)17/h1-7H,8H2,(H,16,17). The van der Waals surface area contributed by atoms with Gasteiger partial charge in [-0.3, -0.25) is 0 Å². The Morgan fingerprint density at radius 1 is 1.33 bits per heavy atom. The van der Waals surface area contributed by atoms with E-state index in [1.165, 1.54) is 6.20 Å². The number of aromatic carboxylic acids is 1. The fourth-order valence-electron chi connectivity index (χ4n) is 1.46. The minimum atomic E-state index is -1.11. The Bertz CT molecular complexity index is 572. The lowest BCUT2D eigenvalue weighted by atomic mass is 10.2. The largest absolute Gasteiger partial charge is 0.486 e. The lowest BCUT2D eigenvalue weighted by Crippen LogP contribution is -2.05. The maximum atomic E-state index is 10.9. The first-order valence-corrected chi connectivity index (χ1v) is 5.60. The molecule has 0 atom stereocenters. The number of carbonyl (C=O) groups is 1. The Morgan fingerprint density at radius 2 is 2.17 bits per heavy atom. The van der Waals surface area contributed by atoms with Gasteiger partial charge in [0.25, 0.3) is 0 Å². The number of pyridine rings is 1. The minimum Gasteiger partial charge on any atom is -0.486 e. The fraction of sp³-hybridized carbons (Fsp3) is 0.0769. The SMILES string of the molecule is O=C(O)c1ncccc1OCc1cccc(Cl)c1. The quantitative estimate of drug-likeness (QED) is 0.921. The second-order valence-electron chi connectivity index (χ2n) is 3.57. The van der Waals surface area contributed by atoms with Crippen LogP contribution in [-0.2, 0) is 6.61 Å². The van der Waals surface area contributed by atoms with E-state index < -0.39 is 5.97 Å². The van der Waals surface area contributed by atoms with Gasteiger partial charge in [0.05, 0.1) is 0 Å². The molecule has 0 fully saturated rings. The second-order valence-corrected chi connectivity index (χ2v) is 4.01. The number of aromatic nitrogens is 1. The molecule has 0 spiro atoms. The molecule has 0 bridgehead atoms. The Morgan fingerprint density at radius 3 is 2.89 bits per heavy atom. The summed E-state index contributed by atoms with van der Waals surface area (Å²) in [6, 6.07) is 10.4. The number of nitrogens with zero attached hydrogens (tertiary/aromatic N) is 1. The summed E-state index contributed by atoms with van der Waals surface area (Å²) in [5.41, 5.74) is 0.766. The Hall–Kier alpha value is -2.07. The third-order valence-electron chi connectivity index (χ3n) is 2.26. The van der Waals surface area contributed by atoms with Gasteiger partial charge in [0, 0.05) is 11.2 Å². The monoisotopic (exact) mass is 263 g/mol. The normalized spacial score (nSPS) is 10.1. The molecule has 0 aliphatic heterocycles. The molecule has 0 unspecified atom stereocenters. The van der Waals surface area contributed by atoms with Crippen LogP contribution in [0.4, 0.5) is 0 Å². The van der Waals surface area contributed by atoms with Gasteiger partial charge in [0.1, 0.15) is 6.61 Å². The predicted molar refractivity (Wildman–Crippen MR) is 67.0 cm³/mol. The minimum absolute atomic E-state index is 0.0977. The van der Waals surface area contributed by atoms with Crippen molar-refractivity contribution in [2.45, 2.75) is 6.61 Å². The van der Waals surface area contributed by atoms with E-state index in [-0.39, 0.29) is 18.1 Å². The van der Waals surface area contributed by atoms with Crippen molar-refractivity contribution in [2.24, 2.45) is 0 Å². The van der Waals surface area contributed by atoms with Crippen LogP contribution in [0.25, 0.3) is 0 Å². The van der Waals surface area contributed by atoms with Crippen molar-refractivity contribution in [2.75, 3.05) is 0 Å². The summed E-state index contributed by atoms with van der Waals surface area (Å²) in [5, 5.41) is 9.56. The van der Waals surface area contributed by atoms with Gasteiger partial charge in [-0.15, -0.1) is 0 Å². The summed E-state index contributed by atoms with van der Waals surface area (Å²) in [4.78, 5) is 14.7. The molecule has 0 saturated heterocycles. The Labute approximate surface area is 109 Å². The summed E-state index contributed by atoms with van der Waals surface area (Å²) in [7, 11) is 0. The fourth-order valence-corrected chi connectivity index (χ4v) is 1.67. The number of hydrogen-bond acceptors (Lipinski definition) is 3. The van der Waals surface area contributed by atoms with Crippen LogP contribution in [0.15, 0.2) is 42.6 Å². The van der Waals surface area contributed by atoms with Crippen LogP contribution in [0.2, 0.25) is 5.02 Å². The van der Waals surface area contributed by atoms with Crippen LogP contribution in [0.1, 0.15) is 16.1 Å². The molecule has 2 aromatic rings. The Balaban J connectivity index is 2.13. The zero-order valence-corrected chi connectivity index (χ0v) is 10.1. The molecule has 4 nitrogen and oxygen atoms in total. The molecule has 0 aliphatic carbocycles. The smallest absolute Gasteiger partial charge is 0.358 e. The molecule has 1 N–H and O–H groups in total. The third kappa shape index (κ3) is 2.99. The molecular weight excluding hydrogens is 254 g/mol. The molecule has 1 aromatic heterocycles. The number of carboxylic acids is 1. The van der Waals surface area contributed by atoms with Gasteiger partial charge in [-0.2, -0.15) is 0 Å². The van der Waals surface area contributed by atoms with E-state index in [1.807, 2.05) is 12.1 Å². The highest BCUT2D eigenvalue weighted by Gasteiger charge is 2.12. The predicted octanol–water partition coefficient (Wildman–Crippen LogP) is 3.01. The summed E-state index contributed by atoms with van der Waals surface area (Å²) < 4.78 is 5.44. The van der Waals surface area contributed by atoms with Crippen LogP contribution in [0.3, 0.4) is 0 Å². The first kappa shape index (κ1) is 12.4. The van der Waals surface area contributed by atoms with Crippen molar-refractivity contribution >= 4 is 17.6 Å². The van der Waals surface area contributed by atoms with Crippen LogP contribution in [0, 0.1) is 0 Å². The third-order valence-corrected chi connectivity index (χ3v) is 2.49. The average molecular weight is 264 g/mol. The van der Waals surface area contributed by atoms with Gasteiger partial charge in [0.15, 0.2) is 11.4 Å². The molecule has 0 saturated carbocycles. The van der Waals surface area contributed by atoms with Gasteiger partial charge in [-0.1, -0.05) is 23.7 Å². The maximum Gasteiger partial charge on any atom is 0.358 e. The first-order chi connectivity index (χ1) is 8.66. The summed E-state index contributed by atoms with van der Waals surface area (Å²) in [6.07, 6.45) is 1.41. The first-order valence-electron chi connectivity index (χ1n) is 5.22. The van der Waals surface area contributed by atoms with Crippen molar-refractivity contribution in [1.82, 2.24) is 4.98 Å². The number of benzene rings is 1. The van der Waals surface area contributed by atoms with E-state index in [0.717, 1.165) is 5.56 Å². The second kappa shape index (κ2) is 5.51. The summed E-state index contributed by atoms with van der Waals surface area (Å²) in [6.45, 7) is 0.243. The van der Waals surface area contributed by atoms with Gasteiger partial charge in [-0.25, -0.2) is 9.78 Å². The lowest BCUT2D eigenvalue weighted by molar-refractivity contribution is 0.0685. The number of carboxylic acid groups (broad SMARTS) is 1. The highest BCUT2D eigenvalue weighted by Crippen LogP contribution is 2.18. The molecule has 92 valence electrons. The summed E-state index contributed by atoms with van der Waals surface area (Å²) in [5.74, 6) is -0.873. The highest BCUT2D eigenvalue weighted by atomic mass is 35.5. The molecule has 0 radical (unpaired) electrons. The maximum absolute atomic E-state index is 10.9. The van der Waals surface area contributed by atoms with E-state index in [0.29, 0.717) is 5.02 Å². The topological polar surface area (TPSA) is 59.4 Å². The van der Waals surface area contributed by atoms with Gasteiger partial charge in [-0.05, 0) is 29.8 Å². The molecule has 0 amide bonds. The molecule has 5 heteroatoms. The molecule has 18 heavy (non-hydrogen) atoms. The van der Waals surface area contributed by atoms with Crippen molar-refractivity contribution in [3.8, 4) is 5.75 Å². The van der Waals surface area contributed by atoms with Gasteiger partial charge in [0.2, 0.25) is 0 Å². The van der Waals surface area contributed by atoms with Crippen LogP contribution in [0.5, 0.6) is 5.75 Å². The van der Waals surface area contributed by atoms with E-state index in [2.05, 4.69) is 4.98 Å². The van der Waals surface area contributed by atoms with E-state index in [9.17, 15) is 4.79 Å². The zero-order chi connectivity index (χ0) is 13.0. The van der Waals surface area contributed by atoms with Gasteiger partial charge >= 0.3 is 5.97 Å². The van der Waals surface area contributed by atoms with E-state index >= 15 is 0 Å². The number of ether oxygens (including phenoxy) is 1. The molecule has 0 aliphatic rings. The van der Waals surface area contributed by atoms with E-state index in [1.54, 1.807) is 24.3 Å². The van der Waals surface area contributed by atoms with Crippen molar-refractivity contribution < 1.29 is 14.6 Å².